The normalized spacial score (nSPS) is 23.2. The molecule has 76 valence electrons. The molecule has 1 amide bonds. The number of rotatable bonds is 4. The topological polar surface area (TPSA) is 64.8 Å². The molecule has 1 heterocycles. The molecule has 1 aliphatic heterocycles. The lowest BCUT2D eigenvalue weighted by atomic mass is 10.3. The quantitative estimate of drug-likeness (QED) is 0.647. The van der Waals surface area contributed by atoms with Gasteiger partial charge in [-0.2, -0.15) is 5.06 Å². The number of hydrogen-bond donors (Lipinski definition) is 1. The number of halogens is 2. The fourth-order valence-electron chi connectivity index (χ4n) is 0.816. The van der Waals surface area contributed by atoms with E-state index in [1.165, 1.54) is 0 Å². The SMILES string of the molecule is NC1CON(COCC(F)F)C1=O. The van der Waals surface area contributed by atoms with Gasteiger partial charge in [0.2, 0.25) is 0 Å². The molecule has 0 bridgehead atoms. The second-order valence-electron chi connectivity index (χ2n) is 2.51. The maximum absolute atomic E-state index is 11.6. The molecule has 1 rings (SSSR count). The van der Waals surface area contributed by atoms with Gasteiger partial charge in [-0.3, -0.25) is 9.63 Å². The summed E-state index contributed by atoms with van der Waals surface area (Å²) in [5.74, 6) is -0.450. The molecule has 1 saturated heterocycles. The summed E-state index contributed by atoms with van der Waals surface area (Å²) < 4.78 is 27.6. The van der Waals surface area contributed by atoms with E-state index in [2.05, 4.69) is 4.74 Å². The van der Waals surface area contributed by atoms with Gasteiger partial charge in [-0.1, -0.05) is 0 Å². The Balaban J connectivity index is 2.19. The number of amides is 1. The lowest BCUT2D eigenvalue weighted by Gasteiger charge is -2.13. The van der Waals surface area contributed by atoms with Crippen LogP contribution in [-0.4, -0.2) is 43.4 Å². The standard InChI is InChI=1S/C6H10F2N2O3/c7-5(8)2-12-3-10-6(11)4(9)1-13-10/h4-5H,1-3,9H2. The Morgan fingerprint density at radius 2 is 2.46 bits per heavy atom. The summed E-state index contributed by atoms with van der Waals surface area (Å²) in [6, 6.07) is -0.713. The van der Waals surface area contributed by atoms with Crippen molar-refractivity contribution in [3.8, 4) is 0 Å². The molecule has 0 aliphatic carbocycles. The number of hydroxylamine groups is 2. The largest absolute Gasteiger partial charge is 0.353 e. The summed E-state index contributed by atoms with van der Waals surface area (Å²) in [6.45, 7) is -0.962. The van der Waals surface area contributed by atoms with Gasteiger partial charge in [0.05, 0.1) is 6.61 Å². The molecule has 0 aromatic rings. The Labute approximate surface area is 73.3 Å². The third-order valence-corrected chi connectivity index (χ3v) is 1.43. The van der Waals surface area contributed by atoms with Crippen LogP contribution in [0.1, 0.15) is 0 Å². The number of nitrogens with two attached hydrogens (primary N) is 1. The van der Waals surface area contributed by atoms with E-state index in [1.54, 1.807) is 0 Å². The van der Waals surface area contributed by atoms with Crippen LogP contribution in [0.5, 0.6) is 0 Å². The van der Waals surface area contributed by atoms with Gasteiger partial charge in [0.15, 0.2) is 0 Å². The van der Waals surface area contributed by atoms with Crippen LogP contribution in [0.25, 0.3) is 0 Å². The lowest BCUT2D eigenvalue weighted by Crippen LogP contribution is -2.35. The Bertz CT molecular complexity index is 191. The third kappa shape index (κ3) is 2.87. The van der Waals surface area contributed by atoms with E-state index in [0.717, 1.165) is 5.06 Å². The Morgan fingerprint density at radius 3 is 2.92 bits per heavy atom. The van der Waals surface area contributed by atoms with Gasteiger partial charge >= 0.3 is 0 Å². The van der Waals surface area contributed by atoms with E-state index in [-0.39, 0.29) is 13.3 Å². The number of alkyl halides is 2. The first kappa shape index (κ1) is 10.3. The number of hydrogen-bond acceptors (Lipinski definition) is 4. The average Bonchev–Trinajstić information content (AvgIpc) is 2.35. The van der Waals surface area contributed by atoms with Gasteiger partial charge < -0.3 is 10.5 Å². The number of nitrogens with zero attached hydrogens (tertiary/aromatic N) is 1. The van der Waals surface area contributed by atoms with Gasteiger partial charge in [0.1, 0.15) is 19.4 Å². The van der Waals surface area contributed by atoms with E-state index in [0.29, 0.717) is 0 Å². The smallest absolute Gasteiger partial charge is 0.267 e. The van der Waals surface area contributed by atoms with E-state index >= 15 is 0 Å². The van der Waals surface area contributed by atoms with Crippen LogP contribution in [0.3, 0.4) is 0 Å². The Morgan fingerprint density at radius 1 is 1.77 bits per heavy atom. The minimum absolute atomic E-state index is 0.0663. The predicted octanol–water partition coefficient (Wildman–Crippen LogP) is -0.673. The first-order valence-electron chi connectivity index (χ1n) is 3.67. The van der Waals surface area contributed by atoms with Gasteiger partial charge in [-0.05, 0) is 0 Å². The number of carbonyl (C=O) groups excluding carboxylic acids is 1. The zero-order valence-corrected chi connectivity index (χ0v) is 6.78. The van der Waals surface area contributed by atoms with Crippen molar-refractivity contribution in [1.29, 1.82) is 0 Å². The van der Waals surface area contributed by atoms with Crippen LogP contribution >= 0.6 is 0 Å². The average molecular weight is 196 g/mol. The van der Waals surface area contributed by atoms with Crippen molar-refractivity contribution in [2.75, 3.05) is 19.9 Å². The number of ether oxygens (including phenoxy) is 1. The molecular formula is C6H10F2N2O3. The molecule has 5 nitrogen and oxygen atoms in total. The summed E-state index contributed by atoms with van der Waals surface area (Å²) in [7, 11) is 0. The van der Waals surface area contributed by atoms with Crippen LogP contribution in [0, 0.1) is 0 Å². The third-order valence-electron chi connectivity index (χ3n) is 1.43. The summed E-state index contributed by atoms with van der Waals surface area (Å²) in [4.78, 5) is 15.7. The van der Waals surface area contributed by atoms with Crippen molar-refractivity contribution >= 4 is 5.91 Å². The summed E-state index contributed by atoms with van der Waals surface area (Å²) in [5.41, 5.74) is 5.28. The van der Waals surface area contributed by atoms with Crippen molar-refractivity contribution in [2.45, 2.75) is 12.5 Å². The van der Waals surface area contributed by atoms with Gasteiger partial charge in [0, 0.05) is 0 Å². The predicted molar refractivity (Wildman–Crippen MR) is 37.6 cm³/mol. The maximum Gasteiger partial charge on any atom is 0.267 e. The number of carbonyl (C=O) groups is 1. The van der Waals surface area contributed by atoms with Crippen LogP contribution in [-0.2, 0) is 14.4 Å². The van der Waals surface area contributed by atoms with E-state index < -0.39 is 25.0 Å². The van der Waals surface area contributed by atoms with Crippen LogP contribution < -0.4 is 5.73 Å². The zero-order valence-electron chi connectivity index (χ0n) is 6.78. The van der Waals surface area contributed by atoms with Crippen LogP contribution in [0.4, 0.5) is 8.78 Å². The Kier molecular flexibility index (Phi) is 3.52. The summed E-state index contributed by atoms with van der Waals surface area (Å²) >= 11 is 0. The van der Waals surface area contributed by atoms with Crippen molar-refractivity contribution in [1.82, 2.24) is 5.06 Å². The fraction of sp³-hybridized carbons (Fsp3) is 0.833. The zero-order chi connectivity index (χ0) is 9.84. The first-order chi connectivity index (χ1) is 6.11. The van der Waals surface area contributed by atoms with Gasteiger partial charge in [-0.15, -0.1) is 0 Å². The molecular weight excluding hydrogens is 186 g/mol. The van der Waals surface area contributed by atoms with Crippen LogP contribution in [0.2, 0.25) is 0 Å². The molecule has 0 saturated carbocycles. The lowest BCUT2D eigenvalue weighted by molar-refractivity contribution is -0.191. The monoisotopic (exact) mass is 196 g/mol. The summed E-state index contributed by atoms with van der Waals surface area (Å²) in [6.07, 6.45) is -2.55. The first-order valence-corrected chi connectivity index (χ1v) is 3.67. The molecule has 1 fully saturated rings. The molecule has 0 radical (unpaired) electrons. The second-order valence-corrected chi connectivity index (χ2v) is 2.51. The molecule has 13 heavy (non-hydrogen) atoms. The van der Waals surface area contributed by atoms with Crippen molar-refractivity contribution < 1.29 is 23.1 Å². The molecule has 0 spiro atoms. The highest BCUT2D eigenvalue weighted by atomic mass is 19.3. The molecule has 2 N–H and O–H groups in total. The fourth-order valence-corrected chi connectivity index (χ4v) is 0.816. The van der Waals surface area contributed by atoms with E-state index in [9.17, 15) is 13.6 Å². The molecule has 7 heteroatoms. The van der Waals surface area contributed by atoms with E-state index in [1.807, 2.05) is 0 Å². The highest BCUT2D eigenvalue weighted by Crippen LogP contribution is 2.05. The van der Waals surface area contributed by atoms with Crippen molar-refractivity contribution in [3.05, 3.63) is 0 Å². The highest BCUT2D eigenvalue weighted by Gasteiger charge is 2.30. The van der Waals surface area contributed by atoms with Gasteiger partial charge in [-0.25, -0.2) is 8.78 Å². The summed E-state index contributed by atoms with van der Waals surface area (Å²) in [5, 5.41) is 0.840. The van der Waals surface area contributed by atoms with Crippen molar-refractivity contribution in [3.63, 3.8) is 0 Å². The molecule has 0 aromatic carbocycles. The Hall–Kier alpha value is -0.790. The minimum atomic E-state index is -2.55. The molecule has 1 unspecified atom stereocenters. The molecule has 1 aliphatic rings. The van der Waals surface area contributed by atoms with Crippen LogP contribution in [0.15, 0.2) is 0 Å². The van der Waals surface area contributed by atoms with Crippen molar-refractivity contribution in [2.24, 2.45) is 5.73 Å². The van der Waals surface area contributed by atoms with Gasteiger partial charge in [0.25, 0.3) is 12.3 Å². The molecule has 1 atom stereocenters. The van der Waals surface area contributed by atoms with E-state index in [4.69, 9.17) is 10.6 Å². The highest BCUT2D eigenvalue weighted by molar-refractivity contribution is 5.82. The second kappa shape index (κ2) is 4.45. The maximum atomic E-state index is 11.6. The minimum Gasteiger partial charge on any atom is -0.353 e. The molecule has 0 aromatic heterocycles.